The first-order valence-electron chi connectivity index (χ1n) is 10.1. The number of hydrogen-bond donors (Lipinski definition) is 0. The zero-order valence-corrected chi connectivity index (χ0v) is 17.8. The van der Waals surface area contributed by atoms with Crippen LogP contribution in [0.1, 0.15) is 24.5 Å². The van der Waals surface area contributed by atoms with Crippen molar-refractivity contribution in [3.8, 4) is 5.75 Å². The predicted octanol–water partition coefficient (Wildman–Crippen LogP) is 3.64. The first-order valence-corrected chi connectivity index (χ1v) is 10.1. The molecule has 4 rings (SSSR count). The molecule has 32 heavy (non-hydrogen) atoms. The number of carbonyl (C=O) groups is 2. The largest absolute Gasteiger partial charge is 0.497 e. The monoisotopic (exact) mass is 448 g/mol. The van der Waals surface area contributed by atoms with Crippen molar-refractivity contribution in [1.29, 1.82) is 0 Å². The normalized spacial score (nSPS) is 24.2. The highest BCUT2D eigenvalue weighted by atomic mass is 19.4. The van der Waals surface area contributed by atoms with Crippen LogP contribution in [0.2, 0.25) is 0 Å². The smallest absolute Gasteiger partial charge is 0.471 e. The Morgan fingerprint density at radius 3 is 2.47 bits per heavy atom. The van der Waals surface area contributed by atoms with Gasteiger partial charge < -0.3 is 14.4 Å². The maximum atomic E-state index is 13.6. The fourth-order valence-corrected chi connectivity index (χ4v) is 4.91. The van der Waals surface area contributed by atoms with Gasteiger partial charge in [0.05, 0.1) is 7.11 Å². The van der Waals surface area contributed by atoms with Crippen LogP contribution in [0.4, 0.5) is 18.9 Å². The SMILES string of the molecule is COc1ccc2c(c1)[C@]1(C)C[C@@H](C(=O)OCc3ccccc3)N(C(=O)C(F)(F)F)[C@@H]1N2C. The van der Waals surface area contributed by atoms with Gasteiger partial charge >= 0.3 is 18.1 Å². The van der Waals surface area contributed by atoms with Gasteiger partial charge in [0.25, 0.3) is 0 Å². The molecule has 0 unspecified atom stereocenters. The maximum absolute atomic E-state index is 13.6. The summed E-state index contributed by atoms with van der Waals surface area (Å²) >= 11 is 0. The number of likely N-dealkylation sites (N-methyl/N-ethyl adjacent to an activating group) is 1. The highest BCUT2D eigenvalue weighted by Crippen LogP contribution is 2.55. The van der Waals surface area contributed by atoms with E-state index in [0.717, 1.165) is 5.56 Å². The van der Waals surface area contributed by atoms with Crippen molar-refractivity contribution in [2.24, 2.45) is 0 Å². The molecule has 0 bridgehead atoms. The van der Waals surface area contributed by atoms with E-state index in [1.54, 1.807) is 67.4 Å². The van der Waals surface area contributed by atoms with E-state index in [-0.39, 0.29) is 13.0 Å². The number of alkyl halides is 3. The Morgan fingerprint density at radius 1 is 1.16 bits per heavy atom. The average Bonchev–Trinajstić information content (AvgIpc) is 3.20. The molecule has 1 saturated heterocycles. The maximum Gasteiger partial charge on any atom is 0.471 e. The molecule has 0 radical (unpaired) electrons. The minimum Gasteiger partial charge on any atom is -0.497 e. The van der Waals surface area contributed by atoms with E-state index in [9.17, 15) is 22.8 Å². The Balaban J connectivity index is 1.70. The highest BCUT2D eigenvalue weighted by Gasteiger charge is 2.64. The van der Waals surface area contributed by atoms with E-state index in [2.05, 4.69) is 0 Å². The van der Waals surface area contributed by atoms with E-state index < -0.39 is 35.7 Å². The number of hydrogen-bond acceptors (Lipinski definition) is 5. The molecule has 2 aromatic rings. The summed E-state index contributed by atoms with van der Waals surface area (Å²) < 4.78 is 51.3. The number of carbonyl (C=O) groups excluding carboxylic acids is 2. The molecular weight excluding hydrogens is 425 g/mol. The quantitative estimate of drug-likeness (QED) is 0.669. The molecular formula is C23H23F3N2O4. The summed E-state index contributed by atoms with van der Waals surface area (Å²) in [5, 5.41) is 0. The van der Waals surface area contributed by atoms with Gasteiger partial charge in [0, 0.05) is 18.2 Å². The zero-order valence-electron chi connectivity index (χ0n) is 17.8. The number of benzene rings is 2. The highest BCUT2D eigenvalue weighted by molar-refractivity contribution is 5.90. The summed E-state index contributed by atoms with van der Waals surface area (Å²) in [5.74, 6) is -2.37. The summed E-state index contributed by atoms with van der Waals surface area (Å²) in [6, 6.07) is 12.7. The second-order valence-corrected chi connectivity index (χ2v) is 8.31. The van der Waals surface area contributed by atoms with E-state index in [1.807, 2.05) is 0 Å². The van der Waals surface area contributed by atoms with Crippen LogP contribution >= 0.6 is 0 Å². The van der Waals surface area contributed by atoms with Gasteiger partial charge in [-0.2, -0.15) is 13.2 Å². The number of rotatable bonds is 4. The van der Waals surface area contributed by atoms with Crippen molar-refractivity contribution < 1.29 is 32.2 Å². The zero-order chi connectivity index (χ0) is 23.3. The predicted molar refractivity (Wildman–Crippen MR) is 110 cm³/mol. The van der Waals surface area contributed by atoms with Gasteiger partial charge in [-0.25, -0.2) is 4.79 Å². The number of ether oxygens (including phenoxy) is 2. The van der Waals surface area contributed by atoms with Gasteiger partial charge in [-0.15, -0.1) is 0 Å². The summed E-state index contributed by atoms with van der Waals surface area (Å²) in [6.45, 7) is 1.67. The Bertz CT molecular complexity index is 1040. The first kappa shape index (κ1) is 22.0. The van der Waals surface area contributed by atoms with Gasteiger partial charge in [-0.05, 0) is 35.7 Å². The fourth-order valence-electron chi connectivity index (χ4n) is 4.91. The van der Waals surface area contributed by atoms with Gasteiger partial charge in [0.2, 0.25) is 0 Å². The number of nitrogens with zero attached hydrogens (tertiary/aromatic N) is 2. The van der Waals surface area contributed by atoms with Crippen molar-refractivity contribution in [3.05, 3.63) is 59.7 Å². The van der Waals surface area contributed by atoms with E-state index >= 15 is 0 Å². The standard InChI is InChI=1S/C23H23F3N2O4/c1-22-12-18(19(29)32-13-14-7-5-4-6-8-14)28(21(30)23(24,25)26)20(22)27(2)17-10-9-15(31-3)11-16(17)22/h4-11,18,20H,12-13H2,1-3H3/t18-,20-,22-/m0/s1. The third-order valence-electron chi connectivity index (χ3n) is 6.33. The van der Waals surface area contributed by atoms with E-state index in [0.29, 0.717) is 21.9 Å². The lowest BCUT2D eigenvalue weighted by Crippen LogP contribution is -2.56. The van der Waals surface area contributed by atoms with Crippen LogP contribution in [0.25, 0.3) is 0 Å². The lowest BCUT2D eigenvalue weighted by molar-refractivity contribution is -0.191. The molecule has 0 aliphatic carbocycles. The second-order valence-electron chi connectivity index (χ2n) is 8.31. The Morgan fingerprint density at radius 2 is 1.84 bits per heavy atom. The number of esters is 1. The van der Waals surface area contributed by atoms with Crippen LogP contribution in [0.15, 0.2) is 48.5 Å². The average molecular weight is 448 g/mol. The molecule has 0 spiro atoms. The third kappa shape index (κ3) is 3.45. The fraction of sp³-hybridized carbons (Fsp3) is 0.391. The molecule has 6 nitrogen and oxygen atoms in total. The number of anilines is 1. The first-order chi connectivity index (χ1) is 15.1. The van der Waals surface area contributed by atoms with Crippen molar-refractivity contribution in [3.63, 3.8) is 0 Å². The summed E-state index contributed by atoms with van der Waals surface area (Å²) in [4.78, 5) is 27.7. The second kappa shape index (κ2) is 7.72. The molecule has 2 aliphatic heterocycles. The summed E-state index contributed by atoms with van der Waals surface area (Å²) in [7, 11) is 3.12. The number of halogens is 3. The number of fused-ring (bicyclic) bond motifs is 3. The van der Waals surface area contributed by atoms with Crippen LogP contribution in [0.3, 0.4) is 0 Å². The summed E-state index contributed by atoms with van der Waals surface area (Å²) in [6.07, 6.45) is -6.12. The van der Waals surface area contributed by atoms with Gasteiger partial charge in [-0.1, -0.05) is 37.3 Å². The van der Waals surface area contributed by atoms with E-state index in [1.165, 1.54) is 7.11 Å². The Kier molecular flexibility index (Phi) is 5.30. The van der Waals surface area contributed by atoms with Crippen molar-refractivity contribution >= 4 is 17.6 Å². The number of likely N-dealkylation sites (tertiary alicyclic amines) is 1. The topological polar surface area (TPSA) is 59.1 Å². The molecule has 170 valence electrons. The molecule has 1 amide bonds. The minimum absolute atomic E-state index is 0.00236. The third-order valence-corrected chi connectivity index (χ3v) is 6.33. The van der Waals surface area contributed by atoms with Gasteiger partial charge in [-0.3, -0.25) is 9.69 Å². The van der Waals surface area contributed by atoms with Crippen molar-refractivity contribution in [2.75, 3.05) is 19.1 Å². The van der Waals surface area contributed by atoms with Crippen LogP contribution in [0.5, 0.6) is 5.75 Å². The molecule has 3 atom stereocenters. The molecule has 1 fully saturated rings. The molecule has 2 aromatic carbocycles. The van der Waals surface area contributed by atoms with Crippen molar-refractivity contribution in [2.45, 2.75) is 43.8 Å². The minimum atomic E-state index is -5.13. The lowest BCUT2D eigenvalue weighted by atomic mass is 9.80. The van der Waals surface area contributed by atoms with E-state index in [4.69, 9.17) is 9.47 Å². The molecule has 9 heteroatoms. The Hall–Kier alpha value is -3.23. The van der Waals surface area contributed by atoms with Gasteiger partial charge in [0.1, 0.15) is 24.6 Å². The molecule has 0 N–H and O–H groups in total. The number of amides is 1. The van der Waals surface area contributed by atoms with Crippen LogP contribution in [0, 0.1) is 0 Å². The summed E-state index contributed by atoms with van der Waals surface area (Å²) in [5.41, 5.74) is 1.19. The van der Waals surface area contributed by atoms with Crippen LogP contribution < -0.4 is 9.64 Å². The molecule has 2 heterocycles. The molecule has 0 saturated carbocycles. The Labute approximate surface area is 183 Å². The van der Waals surface area contributed by atoms with Gasteiger partial charge in [0.15, 0.2) is 0 Å². The van der Waals surface area contributed by atoms with Crippen LogP contribution in [-0.4, -0.2) is 49.3 Å². The van der Waals surface area contributed by atoms with Crippen LogP contribution in [-0.2, 0) is 26.3 Å². The number of methoxy groups -OCH3 is 1. The van der Waals surface area contributed by atoms with Crippen molar-refractivity contribution in [1.82, 2.24) is 4.90 Å². The lowest BCUT2D eigenvalue weighted by Gasteiger charge is -2.36. The molecule has 0 aromatic heterocycles. The molecule has 2 aliphatic rings.